The van der Waals surface area contributed by atoms with E-state index >= 15 is 0 Å². The molecule has 25 heavy (non-hydrogen) atoms. The second kappa shape index (κ2) is 11.7. The summed E-state index contributed by atoms with van der Waals surface area (Å²) in [4.78, 5) is 10.8. The zero-order valence-corrected chi connectivity index (χ0v) is 16.2. The minimum atomic E-state index is -0.169. The van der Waals surface area contributed by atoms with E-state index in [0.29, 0.717) is 12.5 Å². The molecule has 0 N–H and O–H groups in total. The van der Waals surface area contributed by atoms with E-state index in [2.05, 4.69) is 6.92 Å². The lowest BCUT2D eigenvalue weighted by Crippen LogP contribution is -2.22. The molecule has 2 atom stereocenters. The van der Waals surface area contributed by atoms with Gasteiger partial charge in [0.2, 0.25) is 0 Å². The van der Waals surface area contributed by atoms with Crippen LogP contribution in [0.5, 0.6) is 0 Å². The van der Waals surface area contributed by atoms with Crippen LogP contribution in [0.1, 0.15) is 84.5 Å². The molecule has 0 aromatic heterocycles. The van der Waals surface area contributed by atoms with Gasteiger partial charge in [-0.1, -0.05) is 11.1 Å². The fourth-order valence-electron chi connectivity index (χ4n) is 3.99. The molecule has 0 bridgehead atoms. The molecule has 4 nitrogen and oxygen atoms in total. The fraction of sp³-hybridized carbons (Fsp3) is 0.857. The van der Waals surface area contributed by atoms with Gasteiger partial charge in [0, 0.05) is 20.1 Å². The van der Waals surface area contributed by atoms with E-state index in [0.717, 1.165) is 38.9 Å². The Bertz CT molecular complexity index is 424. The molecule has 1 fully saturated rings. The van der Waals surface area contributed by atoms with Gasteiger partial charge in [0.25, 0.3) is 0 Å². The van der Waals surface area contributed by atoms with Crippen LogP contribution in [0.15, 0.2) is 11.1 Å². The molecule has 0 radical (unpaired) electrons. The van der Waals surface area contributed by atoms with Crippen LogP contribution in [0, 0.1) is 5.92 Å². The molecule has 0 amide bonds. The van der Waals surface area contributed by atoms with Crippen LogP contribution < -0.4 is 0 Å². The van der Waals surface area contributed by atoms with E-state index in [1.54, 1.807) is 11.1 Å². The van der Waals surface area contributed by atoms with Gasteiger partial charge >= 0.3 is 5.97 Å². The Labute approximate surface area is 153 Å². The van der Waals surface area contributed by atoms with E-state index in [1.165, 1.54) is 51.9 Å². The Morgan fingerprint density at radius 2 is 2.00 bits per heavy atom. The van der Waals surface area contributed by atoms with Crippen molar-refractivity contribution in [2.75, 3.05) is 19.8 Å². The Kier molecular flexibility index (Phi) is 9.56. The molecule has 1 saturated heterocycles. The van der Waals surface area contributed by atoms with Gasteiger partial charge in [-0.05, 0) is 83.5 Å². The molecule has 2 aliphatic rings. The third-order valence-electron chi connectivity index (χ3n) is 5.52. The Balaban J connectivity index is 1.61. The highest BCUT2D eigenvalue weighted by molar-refractivity contribution is 5.65. The average molecular weight is 353 g/mol. The SMILES string of the molecule is CC(=O)OCCCC1CCCC(CCCCOC2CCCCO2)=C1C. The van der Waals surface area contributed by atoms with Crippen molar-refractivity contribution >= 4 is 5.97 Å². The molecule has 1 heterocycles. The van der Waals surface area contributed by atoms with Crippen molar-refractivity contribution in [1.82, 2.24) is 0 Å². The molecule has 0 aromatic rings. The standard InChI is InChI=1S/C21H36O4/c1-17-19(9-3-5-14-24-21-13-4-6-15-25-21)10-7-11-20(17)12-8-16-23-18(2)22/h20-21H,3-16H2,1-2H3. The topological polar surface area (TPSA) is 44.8 Å². The van der Waals surface area contributed by atoms with Crippen LogP contribution in [-0.4, -0.2) is 32.1 Å². The van der Waals surface area contributed by atoms with Gasteiger partial charge < -0.3 is 14.2 Å². The highest BCUT2D eigenvalue weighted by atomic mass is 16.7. The summed E-state index contributed by atoms with van der Waals surface area (Å²) in [5.41, 5.74) is 3.27. The van der Waals surface area contributed by atoms with Crippen LogP contribution in [-0.2, 0) is 19.0 Å². The van der Waals surface area contributed by atoms with Crippen LogP contribution in [0.4, 0.5) is 0 Å². The number of unbranched alkanes of at least 4 members (excludes halogenated alkanes) is 1. The van der Waals surface area contributed by atoms with Crippen LogP contribution >= 0.6 is 0 Å². The smallest absolute Gasteiger partial charge is 0.302 e. The van der Waals surface area contributed by atoms with E-state index in [1.807, 2.05) is 0 Å². The van der Waals surface area contributed by atoms with Gasteiger partial charge in [-0.3, -0.25) is 4.79 Å². The Hall–Kier alpha value is -0.870. The lowest BCUT2D eigenvalue weighted by molar-refractivity contribution is -0.162. The third kappa shape index (κ3) is 7.91. The second-order valence-corrected chi connectivity index (χ2v) is 7.48. The van der Waals surface area contributed by atoms with E-state index < -0.39 is 0 Å². The van der Waals surface area contributed by atoms with Gasteiger partial charge in [0.05, 0.1) is 6.61 Å². The number of carbonyl (C=O) groups is 1. The number of carbonyl (C=O) groups excluding carboxylic acids is 1. The van der Waals surface area contributed by atoms with Crippen molar-refractivity contribution in [1.29, 1.82) is 0 Å². The maximum absolute atomic E-state index is 10.8. The van der Waals surface area contributed by atoms with E-state index in [-0.39, 0.29) is 12.3 Å². The van der Waals surface area contributed by atoms with Crippen molar-refractivity contribution < 1.29 is 19.0 Å². The maximum Gasteiger partial charge on any atom is 0.302 e. The minimum Gasteiger partial charge on any atom is -0.466 e. The lowest BCUT2D eigenvalue weighted by atomic mass is 9.79. The highest BCUT2D eigenvalue weighted by Crippen LogP contribution is 2.35. The van der Waals surface area contributed by atoms with Gasteiger partial charge in [-0.2, -0.15) is 0 Å². The first-order chi connectivity index (χ1) is 12.2. The van der Waals surface area contributed by atoms with Crippen LogP contribution in [0.3, 0.4) is 0 Å². The molecule has 4 heteroatoms. The third-order valence-corrected chi connectivity index (χ3v) is 5.52. The molecule has 0 spiro atoms. The highest BCUT2D eigenvalue weighted by Gasteiger charge is 2.19. The summed E-state index contributed by atoms with van der Waals surface area (Å²) in [6, 6.07) is 0. The zero-order chi connectivity index (χ0) is 17.9. The van der Waals surface area contributed by atoms with Crippen molar-refractivity contribution in [2.45, 2.75) is 90.8 Å². The molecule has 0 aromatic carbocycles. The minimum absolute atomic E-state index is 0.0472. The largest absolute Gasteiger partial charge is 0.466 e. The van der Waals surface area contributed by atoms with Gasteiger partial charge in [0.15, 0.2) is 6.29 Å². The quantitative estimate of drug-likeness (QED) is 0.309. The maximum atomic E-state index is 10.8. The molecule has 0 saturated carbocycles. The number of ether oxygens (including phenoxy) is 3. The molecular weight excluding hydrogens is 316 g/mol. The van der Waals surface area contributed by atoms with Gasteiger partial charge in [-0.25, -0.2) is 0 Å². The first-order valence-electron chi connectivity index (χ1n) is 10.2. The van der Waals surface area contributed by atoms with E-state index in [9.17, 15) is 4.79 Å². The number of allylic oxidation sites excluding steroid dienone is 2. The number of hydrogen-bond donors (Lipinski definition) is 0. The first-order valence-corrected chi connectivity index (χ1v) is 10.2. The number of hydrogen-bond acceptors (Lipinski definition) is 4. The summed E-state index contributed by atoms with van der Waals surface area (Å²) in [5.74, 6) is 0.517. The van der Waals surface area contributed by atoms with Gasteiger partial charge in [0.1, 0.15) is 0 Å². The average Bonchev–Trinajstić information content (AvgIpc) is 2.61. The van der Waals surface area contributed by atoms with Crippen molar-refractivity contribution in [3.05, 3.63) is 11.1 Å². The fourth-order valence-corrected chi connectivity index (χ4v) is 3.99. The number of esters is 1. The van der Waals surface area contributed by atoms with Gasteiger partial charge in [-0.15, -0.1) is 0 Å². The molecular formula is C21H36O4. The second-order valence-electron chi connectivity index (χ2n) is 7.48. The molecule has 2 unspecified atom stereocenters. The monoisotopic (exact) mass is 352 g/mol. The van der Waals surface area contributed by atoms with Crippen molar-refractivity contribution in [3.63, 3.8) is 0 Å². The summed E-state index contributed by atoms with van der Waals surface area (Å²) in [7, 11) is 0. The summed E-state index contributed by atoms with van der Waals surface area (Å²) < 4.78 is 16.5. The van der Waals surface area contributed by atoms with Crippen molar-refractivity contribution in [3.8, 4) is 0 Å². The molecule has 2 rings (SSSR count). The van der Waals surface area contributed by atoms with Crippen LogP contribution in [0.2, 0.25) is 0 Å². The van der Waals surface area contributed by atoms with Crippen LogP contribution in [0.25, 0.3) is 0 Å². The van der Waals surface area contributed by atoms with Crippen molar-refractivity contribution in [2.24, 2.45) is 5.92 Å². The lowest BCUT2D eigenvalue weighted by Gasteiger charge is -2.27. The zero-order valence-electron chi connectivity index (χ0n) is 16.2. The predicted octanol–water partition coefficient (Wildman–Crippen LogP) is 5.16. The first kappa shape index (κ1) is 20.4. The summed E-state index contributed by atoms with van der Waals surface area (Å²) in [6.45, 7) is 6.04. The normalized spacial score (nSPS) is 24.4. The predicted molar refractivity (Wildman–Crippen MR) is 99.3 cm³/mol. The summed E-state index contributed by atoms with van der Waals surface area (Å²) in [5, 5.41) is 0. The number of rotatable bonds is 10. The Morgan fingerprint density at radius 1 is 1.12 bits per heavy atom. The molecule has 1 aliphatic carbocycles. The summed E-state index contributed by atoms with van der Waals surface area (Å²) >= 11 is 0. The summed E-state index contributed by atoms with van der Waals surface area (Å²) in [6.07, 6.45) is 13.0. The molecule has 1 aliphatic heterocycles. The van der Waals surface area contributed by atoms with E-state index in [4.69, 9.17) is 14.2 Å². The molecule has 144 valence electrons. The Morgan fingerprint density at radius 3 is 2.76 bits per heavy atom.